The Kier molecular flexibility index (Phi) is 3.23. The molecule has 0 heterocycles. The Hall–Kier alpha value is -1.60. The van der Waals surface area contributed by atoms with Gasteiger partial charge in [-0.25, -0.2) is 0 Å². The van der Waals surface area contributed by atoms with Gasteiger partial charge in [0.25, 0.3) is 0 Å². The molecular formula is C9H10N2O2. The summed E-state index contributed by atoms with van der Waals surface area (Å²) in [5, 5.41) is 19.7. The van der Waals surface area contributed by atoms with E-state index in [9.17, 15) is 4.79 Å². The van der Waals surface area contributed by atoms with Crippen LogP contribution in [0, 0.1) is 11.3 Å². The standard InChI is InChI=1S/C9H10N2O2/c10-5-7-1-3-8(4-2-7)11-6-9(12)13/h1-3,8,11H,4,6H2,(H,12,13). The molecule has 0 bridgehead atoms. The number of nitrogens with one attached hydrogen (secondary N) is 1. The van der Waals surface area contributed by atoms with Crippen LogP contribution in [0.2, 0.25) is 0 Å². The van der Waals surface area contributed by atoms with E-state index in [-0.39, 0.29) is 12.6 Å². The van der Waals surface area contributed by atoms with Crippen molar-refractivity contribution >= 4 is 5.97 Å². The molecule has 2 N–H and O–H groups in total. The molecule has 68 valence electrons. The second-order valence-corrected chi connectivity index (χ2v) is 2.75. The van der Waals surface area contributed by atoms with E-state index >= 15 is 0 Å². The highest BCUT2D eigenvalue weighted by atomic mass is 16.4. The van der Waals surface area contributed by atoms with Crippen molar-refractivity contribution < 1.29 is 9.90 Å². The minimum Gasteiger partial charge on any atom is -0.480 e. The molecule has 0 spiro atoms. The molecule has 4 nitrogen and oxygen atoms in total. The van der Waals surface area contributed by atoms with E-state index < -0.39 is 5.97 Å². The van der Waals surface area contributed by atoms with E-state index in [1.54, 1.807) is 12.2 Å². The zero-order chi connectivity index (χ0) is 9.68. The summed E-state index contributed by atoms with van der Waals surface area (Å²) in [7, 11) is 0. The van der Waals surface area contributed by atoms with Gasteiger partial charge in [0.15, 0.2) is 0 Å². The molecule has 0 saturated heterocycles. The number of hydrogen-bond acceptors (Lipinski definition) is 3. The smallest absolute Gasteiger partial charge is 0.317 e. The number of hydrogen-bond donors (Lipinski definition) is 2. The van der Waals surface area contributed by atoms with Gasteiger partial charge in [-0.2, -0.15) is 5.26 Å². The molecule has 1 rings (SSSR count). The highest BCUT2D eigenvalue weighted by Crippen LogP contribution is 2.08. The van der Waals surface area contributed by atoms with E-state index in [1.807, 2.05) is 12.1 Å². The second-order valence-electron chi connectivity index (χ2n) is 2.75. The summed E-state index contributed by atoms with van der Waals surface area (Å²) in [4.78, 5) is 10.2. The fourth-order valence-electron chi connectivity index (χ4n) is 1.07. The van der Waals surface area contributed by atoms with Crippen LogP contribution in [0.1, 0.15) is 6.42 Å². The molecular weight excluding hydrogens is 168 g/mol. The maximum atomic E-state index is 10.2. The number of aliphatic carboxylic acids is 1. The molecule has 1 unspecified atom stereocenters. The lowest BCUT2D eigenvalue weighted by Crippen LogP contribution is -2.32. The normalized spacial score (nSPS) is 20.5. The first kappa shape index (κ1) is 9.49. The van der Waals surface area contributed by atoms with Crippen LogP contribution >= 0.6 is 0 Å². The third-order valence-electron chi connectivity index (χ3n) is 1.74. The van der Waals surface area contributed by atoms with Crippen molar-refractivity contribution in [3.63, 3.8) is 0 Å². The molecule has 1 atom stereocenters. The van der Waals surface area contributed by atoms with E-state index in [2.05, 4.69) is 5.32 Å². The summed E-state index contributed by atoms with van der Waals surface area (Å²) >= 11 is 0. The molecule has 0 fully saturated rings. The summed E-state index contributed by atoms with van der Waals surface area (Å²) in [5.41, 5.74) is 0.633. The fourth-order valence-corrected chi connectivity index (χ4v) is 1.07. The third kappa shape index (κ3) is 3.09. The van der Waals surface area contributed by atoms with Crippen molar-refractivity contribution in [1.82, 2.24) is 5.32 Å². The first-order valence-electron chi connectivity index (χ1n) is 3.96. The van der Waals surface area contributed by atoms with Gasteiger partial charge in [0.1, 0.15) is 0 Å². The van der Waals surface area contributed by atoms with E-state index in [0.29, 0.717) is 12.0 Å². The zero-order valence-electron chi connectivity index (χ0n) is 7.03. The van der Waals surface area contributed by atoms with Crippen LogP contribution in [0.5, 0.6) is 0 Å². The molecule has 0 amide bonds. The van der Waals surface area contributed by atoms with Gasteiger partial charge in [-0.15, -0.1) is 0 Å². The first-order valence-corrected chi connectivity index (χ1v) is 3.96. The summed E-state index contributed by atoms with van der Waals surface area (Å²) in [6.45, 7) is -0.0509. The Morgan fingerprint density at radius 1 is 1.85 bits per heavy atom. The number of allylic oxidation sites excluding steroid dienone is 2. The van der Waals surface area contributed by atoms with E-state index in [4.69, 9.17) is 10.4 Å². The Bertz CT molecular complexity index is 299. The zero-order valence-corrected chi connectivity index (χ0v) is 7.03. The maximum absolute atomic E-state index is 10.2. The van der Waals surface area contributed by atoms with Crippen molar-refractivity contribution in [2.75, 3.05) is 6.54 Å². The number of carbonyl (C=O) groups is 1. The molecule has 0 aromatic rings. The van der Waals surface area contributed by atoms with Crippen LogP contribution in [0.25, 0.3) is 0 Å². The monoisotopic (exact) mass is 178 g/mol. The molecule has 13 heavy (non-hydrogen) atoms. The summed E-state index contributed by atoms with van der Waals surface area (Å²) in [6.07, 6.45) is 5.97. The average Bonchev–Trinajstić information content (AvgIpc) is 2.15. The topological polar surface area (TPSA) is 73.1 Å². The van der Waals surface area contributed by atoms with E-state index in [1.165, 1.54) is 0 Å². The van der Waals surface area contributed by atoms with Crippen molar-refractivity contribution in [2.24, 2.45) is 0 Å². The molecule has 0 aliphatic heterocycles. The lowest BCUT2D eigenvalue weighted by molar-refractivity contribution is -0.136. The van der Waals surface area contributed by atoms with Crippen molar-refractivity contribution in [3.05, 3.63) is 23.8 Å². The Labute approximate surface area is 76.2 Å². The summed E-state index contributed by atoms with van der Waals surface area (Å²) in [6, 6.07) is 2.05. The number of rotatable bonds is 3. The predicted octanol–water partition coefficient (Wildman–Crippen LogP) is 0.439. The predicted molar refractivity (Wildman–Crippen MR) is 46.9 cm³/mol. The molecule has 1 aliphatic rings. The maximum Gasteiger partial charge on any atom is 0.317 e. The molecule has 0 saturated carbocycles. The number of nitrogens with zero attached hydrogens (tertiary/aromatic N) is 1. The number of carboxylic acids is 1. The van der Waals surface area contributed by atoms with Crippen LogP contribution in [-0.4, -0.2) is 23.7 Å². The molecule has 4 heteroatoms. The SMILES string of the molecule is N#CC1=CCC(NCC(=O)O)C=C1. The highest BCUT2D eigenvalue weighted by molar-refractivity contribution is 5.69. The Morgan fingerprint density at radius 2 is 2.62 bits per heavy atom. The highest BCUT2D eigenvalue weighted by Gasteiger charge is 2.08. The Morgan fingerprint density at radius 3 is 3.08 bits per heavy atom. The quantitative estimate of drug-likeness (QED) is 0.657. The van der Waals surface area contributed by atoms with Gasteiger partial charge < -0.3 is 10.4 Å². The lowest BCUT2D eigenvalue weighted by Gasteiger charge is -2.13. The van der Waals surface area contributed by atoms with Crippen molar-refractivity contribution in [3.8, 4) is 6.07 Å². The first-order chi connectivity index (χ1) is 6.22. The minimum absolute atomic E-state index is 0.0354. The van der Waals surface area contributed by atoms with Crippen molar-refractivity contribution in [2.45, 2.75) is 12.5 Å². The molecule has 0 radical (unpaired) electrons. The summed E-state index contributed by atoms with van der Waals surface area (Å²) < 4.78 is 0. The summed E-state index contributed by atoms with van der Waals surface area (Å²) in [5.74, 6) is -0.872. The van der Waals surface area contributed by atoms with Crippen molar-refractivity contribution in [1.29, 1.82) is 5.26 Å². The lowest BCUT2D eigenvalue weighted by atomic mass is 10.0. The van der Waals surface area contributed by atoms with Crippen LogP contribution < -0.4 is 5.32 Å². The Balaban J connectivity index is 2.36. The van der Waals surface area contributed by atoms with Gasteiger partial charge in [-0.05, 0) is 12.5 Å². The molecule has 1 aliphatic carbocycles. The number of nitriles is 1. The number of carboxylic acid groups (broad SMARTS) is 1. The van der Waals surface area contributed by atoms with Gasteiger partial charge >= 0.3 is 5.97 Å². The molecule has 0 aromatic heterocycles. The van der Waals surface area contributed by atoms with Crippen LogP contribution in [0.4, 0.5) is 0 Å². The molecule has 0 aromatic carbocycles. The van der Waals surface area contributed by atoms with Gasteiger partial charge in [-0.3, -0.25) is 4.79 Å². The minimum atomic E-state index is -0.872. The van der Waals surface area contributed by atoms with Gasteiger partial charge in [0.2, 0.25) is 0 Å². The van der Waals surface area contributed by atoms with E-state index in [0.717, 1.165) is 0 Å². The van der Waals surface area contributed by atoms with Gasteiger partial charge in [0.05, 0.1) is 12.6 Å². The van der Waals surface area contributed by atoms with Crippen LogP contribution in [0.3, 0.4) is 0 Å². The second kappa shape index (κ2) is 4.43. The third-order valence-corrected chi connectivity index (χ3v) is 1.74. The van der Waals surface area contributed by atoms with Crippen LogP contribution in [-0.2, 0) is 4.79 Å². The van der Waals surface area contributed by atoms with Gasteiger partial charge in [-0.1, -0.05) is 12.2 Å². The fraction of sp³-hybridized carbons (Fsp3) is 0.333. The average molecular weight is 178 g/mol. The largest absolute Gasteiger partial charge is 0.480 e. The van der Waals surface area contributed by atoms with Gasteiger partial charge in [0, 0.05) is 11.6 Å². The van der Waals surface area contributed by atoms with Crippen LogP contribution in [0.15, 0.2) is 23.8 Å².